The van der Waals surface area contributed by atoms with E-state index in [0.717, 1.165) is 0 Å². The molecule has 0 aliphatic carbocycles. The molecule has 0 aromatic carbocycles. The molecule has 144 valence electrons. The van der Waals surface area contributed by atoms with E-state index < -0.39 is 79.2 Å². The van der Waals surface area contributed by atoms with Crippen LogP contribution in [0.5, 0.6) is 0 Å². The molecule has 4 unspecified atom stereocenters. The fourth-order valence-corrected chi connectivity index (χ4v) is 5.57. The van der Waals surface area contributed by atoms with Gasteiger partial charge in [0.25, 0.3) is 0 Å². The van der Waals surface area contributed by atoms with Gasteiger partial charge in [-0.1, -0.05) is 0 Å². The van der Waals surface area contributed by atoms with E-state index in [1.165, 1.54) is 0 Å². The lowest BCUT2D eigenvalue weighted by Gasteiger charge is -2.14. The average molecular weight is 412 g/mol. The highest BCUT2D eigenvalue weighted by molar-refractivity contribution is 7.92. The summed E-state index contributed by atoms with van der Waals surface area (Å²) < 4.78 is 138. The summed E-state index contributed by atoms with van der Waals surface area (Å²) in [6, 6.07) is 0. The second-order valence-electron chi connectivity index (χ2n) is 5.45. The molecule has 2 aliphatic rings. The molecular weight excluding hydrogens is 400 g/mol. The fourth-order valence-electron chi connectivity index (χ4n) is 2.16. The van der Waals surface area contributed by atoms with Crippen LogP contribution in [0, 0.1) is 11.8 Å². The molecule has 0 aromatic rings. The van der Waals surface area contributed by atoms with Gasteiger partial charge in [0.05, 0.1) is 23.2 Å². The first-order chi connectivity index (χ1) is 10.5. The minimum atomic E-state index is -4.75. The second kappa shape index (κ2) is 6.57. The van der Waals surface area contributed by atoms with E-state index >= 15 is 0 Å². The minimum absolute atomic E-state index is 0.953. The van der Waals surface area contributed by atoms with Crippen LogP contribution in [0.25, 0.3) is 0 Å². The van der Waals surface area contributed by atoms with Gasteiger partial charge < -0.3 is 0 Å². The van der Waals surface area contributed by atoms with Gasteiger partial charge in [-0.05, 0) is 0 Å². The van der Waals surface area contributed by atoms with Crippen LogP contribution in [-0.2, 0) is 19.7 Å². The SMILES string of the molecule is O=S1(=O)CC(C(F)(F)F)CC1F.O=S1(=O)CC(F)C(C(F)(F)F)C1. The van der Waals surface area contributed by atoms with Crippen molar-refractivity contribution in [3.05, 3.63) is 0 Å². The number of sulfone groups is 2. The highest BCUT2D eigenvalue weighted by Crippen LogP contribution is 2.38. The van der Waals surface area contributed by atoms with Crippen molar-refractivity contribution in [1.29, 1.82) is 0 Å². The van der Waals surface area contributed by atoms with Gasteiger partial charge in [-0.25, -0.2) is 25.6 Å². The van der Waals surface area contributed by atoms with Crippen LogP contribution in [0.15, 0.2) is 0 Å². The van der Waals surface area contributed by atoms with E-state index in [-0.39, 0.29) is 0 Å². The van der Waals surface area contributed by atoms with E-state index in [0.29, 0.717) is 0 Å². The zero-order chi connectivity index (χ0) is 19.1. The summed E-state index contributed by atoms with van der Waals surface area (Å²) in [6.45, 7) is 0. The number of hydrogen-bond donors (Lipinski definition) is 0. The Balaban J connectivity index is 0.000000240. The molecule has 2 saturated heterocycles. The summed E-state index contributed by atoms with van der Waals surface area (Å²) in [5.74, 6) is -7.59. The minimum Gasteiger partial charge on any atom is -0.246 e. The molecule has 0 spiro atoms. The molecule has 24 heavy (non-hydrogen) atoms. The number of rotatable bonds is 0. The number of alkyl halides is 8. The Kier molecular flexibility index (Phi) is 5.86. The molecule has 2 rings (SSSR count). The normalized spacial score (nSPS) is 35.3. The molecule has 0 radical (unpaired) electrons. The molecule has 4 nitrogen and oxygen atoms in total. The molecule has 0 N–H and O–H groups in total. The molecule has 4 atom stereocenters. The van der Waals surface area contributed by atoms with Gasteiger partial charge in [-0.2, -0.15) is 26.3 Å². The van der Waals surface area contributed by atoms with Gasteiger partial charge in [-0.3, -0.25) is 0 Å². The van der Waals surface area contributed by atoms with Crippen molar-refractivity contribution in [2.45, 2.75) is 30.4 Å². The Morgan fingerprint density at radius 2 is 1.25 bits per heavy atom. The van der Waals surface area contributed by atoms with E-state index in [4.69, 9.17) is 0 Å². The summed E-state index contributed by atoms with van der Waals surface area (Å²) in [5, 5.41) is 0. The molecule has 14 heteroatoms. The lowest BCUT2D eigenvalue weighted by Crippen LogP contribution is -2.30. The van der Waals surface area contributed by atoms with E-state index in [1.807, 2.05) is 0 Å². The first kappa shape index (κ1) is 21.4. The summed E-state index contributed by atoms with van der Waals surface area (Å²) in [7, 11) is -7.97. The van der Waals surface area contributed by atoms with Gasteiger partial charge in [0, 0.05) is 6.42 Å². The molecule has 0 amide bonds. The smallest absolute Gasteiger partial charge is 0.246 e. The summed E-state index contributed by atoms with van der Waals surface area (Å²) in [5.41, 5.74) is -2.34. The van der Waals surface area contributed by atoms with Crippen molar-refractivity contribution in [1.82, 2.24) is 0 Å². The van der Waals surface area contributed by atoms with Crippen LogP contribution in [0.4, 0.5) is 35.1 Å². The maximum atomic E-state index is 12.5. The van der Waals surface area contributed by atoms with Crippen LogP contribution < -0.4 is 0 Å². The third kappa shape index (κ3) is 5.43. The number of halogens is 8. The van der Waals surface area contributed by atoms with E-state index in [2.05, 4.69) is 0 Å². The predicted octanol–water partition coefficient (Wildman–Crippen LogP) is 2.21. The van der Waals surface area contributed by atoms with Crippen molar-refractivity contribution in [3.8, 4) is 0 Å². The predicted molar refractivity (Wildman–Crippen MR) is 65.9 cm³/mol. The van der Waals surface area contributed by atoms with Gasteiger partial charge in [0.2, 0.25) is 5.50 Å². The van der Waals surface area contributed by atoms with Gasteiger partial charge in [-0.15, -0.1) is 0 Å². The zero-order valence-corrected chi connectivity index (χ0v) is 13.2. The van der Waals surface area contributed by atoms with Crippen LogP contribution >= 0.6 is 0 Å². The van der Waals surface area contributed by atoms with E-state index in [9.17, 15) is 52.0 Å². The molecule has 2 heterocycles. The van der Waals surface area contributed by atoms with Crippen LogP contribution in [-0.4, -0.2) is 58.1 Å². The third-order valence-electron chi connectivity index (χ3n) is 3.46. The fraction of sp³-hybridized carbons (Fsp3) is 1.00. The van der Waals surface area contributed by atoms with Crippen molar-refractivity contribution in [2.24, 2.45) is 11.8 Å². The van der Waals surface area contributed by atoms with E-state index in [1.54, 1.807) is 0 Å². The highest BCUT2D eigenvalue weighted by atomic mass is 32.2. The van der Waals surface area contributed by atoms with Gasteiger partial charge in [0.1, 0.15) is 12.1 Å². The Bertz CT molecular complexity index is 651. The van der Waals surface area contributed by atoms with Crippen LogP contribution in [0.2, 0.25) is 0 Å². The number of hydrogen-bond acceptors (Lipinski definition) is 4. The monoisotopic (exact) mass is 412 g/mol. The van der Waals surface area contributed by atoms with Crippen LogP contribution in [0.1, 0.15) is 6.42 Å². The van der Waals surface area contributed by atoms with Gasteiger partial charge in [0.15, 0.2) is 19.7 Å². The van der Waals surface area contributed by atoms with Crippen LogP contribution in [0.3, 0.4) is 0 Å². The molecule has 2 fully saturated rings. The molecule has 0 aromatic heterocycles. The lowest BCUT2D eigenvalue weighted by atomic mass is 10.1. The van der Waals surface area contributed by atoms with Gasteiger partial charge >= 0.3 is 12.4 Å². The largest absolute Gasteiger partial charge is 0.395 e. The molecule has 0 bridgehead atoms. The first-order valence-corrected chi connectivity index (χ1v) is 9.83. The lowest BCUT2D eigenvalue weighted by molar-refractivity contribution is -0.179. The quantitative estimate of drug-likeness (QED) is 0.573. The Labute approximate surface area is 132 Å². The zero-order valence-electron chi connectivity index (χ0n) is 11.6. The first-order valence-electron chi connectivity index (χ1n) is 6.29. The highest BCUT2D eigenvalue weighted by Gasteiger charge is 2.53. The second-order valence-corrected chi connectivity index (χ2v) is 9.78. The topological polar surface area (TPSA) is 68.3 Å². The Morgan fingerprint density at radius 3 is 1.42 bits per heavy atom. The summed E-state index contributed by atoms with van der Waals surface area (Å²) in [6.07, 6.45) is -12.6. The summed E-state index contributed by atoms with van der Waals surface area (Å²) >= 11 is 0. The van der Waals surface area contributed by atoms with Crippen molar-refractivity contribution in [2.75, 3.05) is 17.3 Å². The molecule has 0 saturated carbocycles. The summed E-state index contributed by atoms with van der Waals surface area (Å²) in [4.78, 5) is 0. The average Bonchev–Trinajstić information content (AvgIpc) is 2.75. The van der Waals surface area contributed by atoms with Crippen molar-refractivity contribution in [3.63, 3.8) is 0 Å². The van der Waals surface area contributed by atoms with Crippen molar-refractivity contribution < 1.29 is 52.0 Å². The Hall–Kier alpha value is -0.660. The maximum Gasteiger partial charge on any atom is 0.395 e. The standard InChI is InChI=1S/2C5H6F4O2S/c6-4-2-12(10,11)1-3(4)5(7,8)9;6-4-1-3(5(7,8)9)2-12(4,10)11/h2*3-4H,1-2H2. The third-order valence-corrected chi connectivity index (χ3v) is 6.99. The van der Waals surface area contributed by atoms with Crippen molar-refractivity contribution >= 4 is 19.7 Å². The molecular formula is C10H12F8O4S2. The maximum absolute atomic E-state index is 12.5. The molecule has 2 aliphatic heterocycles. The Morgan fingerprint density at radius 1 is 0.750 bits per heavy atom.